The van der Waals surface area contributed by atoms with E-state index in [0.717, 1.165) is 18.2 Å². The quantitative estimate of drug-likeness (QED) is 0.559. The van der Waals surface area contributed by atoms with Gasteiger partial charge in [0.1, 0.15) is 11.6 Å². The van der Waals surface area contributed by atoms with Gasteiger partial charge in [0.05, 0.1) is 16.5 Å². The van der Waals surface area contributed by atoms with Crippen molar-refractivity contribution in [1.82, 2.24) is 15.5 Å². The summed E-state index contributed by atoms with van der Waals surface area (Å²) in [6, 6.07) is 8.17. The van der Waals surface area contributed by atoms with E-state index < -0.39 is 28.5 Å². The minimum Gasteiger partial charge on any atom is -0.508 e. The van der Waals surface area contributed by atoms with Crippen LogP contribution in [0, 0.1) is 5.82 Å². The summed E-state index contributed by atoms with van der Waals surface area (Å²) in [5.41, 5.74) is -2.02. The van der Waals surface area contributed by atoms with E-state index in [-0.39, 0.29) is 48.8 Å². The number of nitrogens with one attached hydrogen (secondary N) is 2. The molecule has 1 atom stereocenters. The number of carbonyl (C=O) groups is 2. The molecule has 3 N–H and O–H groups in total. The molecule has 2 aromatic carbocycles. The Kier molecular flexibility index (Phi) is 6.19. The van der Waals surface area contributed by atoms with Crippen molar-refractivity contribution in [3.8, 4) is 5.75 Å². The molecule has 3 amide bonds. The molecule has 2 aliphatic heterocycles. The predicted octanol–water partition coefficient (Wildman–Crippen LogP) is 4.29. The smallest absolute Gasteiger partial charge is 0.416 e. The molecule has 0 aromatic heterocycles. The van der Waals surface area contributed by atoms with E-state index in [9.17, 15) is 32.3 Å². The maximum absolute atomic E-state index is 13.5. The summed E-state index contributed by atoms with van der Waals surface area (Å²) >= 11 is 0. The van der Waals surface area contributed by atoms with Crippen LogP contribution in [0.4, 0.5) is 22.4 Å². The Bertz CT molecular complexity index is 1140. The second-order valence-electron chi connectivity index (χ2n) is 9.74. The van der Waals surface area contributed by atoms with Crippen molar-refractivity contribution in [3.63, 3.8) is 0 Å². The Morgan fingerprint density at radius 1 is 1.09 bits per heavy atom. The number of piperidine rings is 1. The summed E-state index contributed by atoms with van der Waals surface area (Å²) < 4.78 is 53.1. The third kappa shape index (κ3) is 4.66. The molecule has 2 saturated heterocycles. The maximum atomic E-state index is 13.5. The minimum absolute atomic E-state index is 0.212. The van der Waals surface area contributed by atoms with Crippen LogP contribution in [0.25, 0.3) is 0 Å². The molecule has 35 heavy (non-hydrogen) atoms. The second kappa shape index (κ2) is 8.73. The van der Waals surface area contributed by atoms with Crippen LogP contribution < -0.4 is 10.6 Å². The number of halogens is 4. The third-order valence-corrected chi connectivity index (χ3v) is 7.25. The van der Waals surface area contributed by atoms with Crippen LogP contribution in [0.5, 0.6) is 5.75 Å². The van der Waals surface area contributed by atoms with Gasteiger partial charge in [-0.1, -0.05) is 24.3 Å². The highest BCUT2D eigenvalue weighted by Gasteiger charge is 2.48. The zero-order chi connectivity index (χ0) is 25.6. The SMILES string of the molecule is CC(C)(C(=O)N1CCC2(CC1)NC(=O)NCC2c1ccc(F)cc1O)c1cccc(C(F)(F)F)c1. The highest BCUT2D eigenvalue weighted by Crippen LogP contribution is 2.42. The highest BCUT2D eigenvalue weighted by molar-refractivity contribution is 5.87. The fourth-order valence-electron chi connectivity index (χ4n) is 5.15. The Morgan fingerprint density at radius 3 is 2.37 bits per heavy atom. The Labute approximate surface area is 200 Å². The van der Waals surface area contributed by atoms with Crippen LogP contribution in [0.2, 0.25) is 0 Å². The van der Waals surface area contributed by atoms with Crippen molar-refractivity contribution in [1.29, 1.82) is 0 Å². The molecule has 0 saturated carbocycles. The number of alkyl halides is 3. The Hall–Kier alpha value is -3.30. The zero-order valence-corrected chi connectivity index (χ0v) is 19.4. The topological polar surface area (TPSA) is 81.7 Å². The van der Waals surface area contributed by atoms with Gasteiger partial charge in [-0.3, -0.25) is 4.79 Å². The molecular weight excluding hydrogens is 466 g/mol. The van der Waals surface area contributed by atoms with Gasteiger partial charge >= 0.3 is 12.2 Å². The summed E-state index contributed by atoms with van der Waals surface area (Å²) in [6.45, 7) is 3.95. The average Bonchev–Trinajstić information content (AvgIpc) is 2.79. The van der Waals surface area contributed by atoms with Gasteiger partial charge in [0.2, 0.25) is 5.91 Å². The van der Waals surface area contributed by atoms with Crippen LogP contribution in [-0.4, -0.2) is 47.1 Å². The molecule has 2 heterocycles. The molecule has 2 aromatic rings. The lowest BCUT2D eigenvalue weighted by atomic mass is 9.71. The molecule has 188 valence electrons. The first kappa shape index (κ1) is 24.8. The van der Waals surface area contributed by atoms with Crippen molar-refractivity contribution in [3.05, 3.63) is 65.0 Å². The molecule has 6 nitrogen and oxygen atoms in total. The highest BCUT2D eigenvalue weighted by atomic mass is 19.4. The van der Waals surface area contributed by atoms with Crippen LogP contribution in [0.3, 0.4) is 0 Å². The standard InChI is InChI=1S/C25H27F4N3O3/c1-23(2,15-4-3-5-16(12-15)25(27,28)29)21(34)32-10-8-24(9-11-32)19(14-30-22(35)31-24)18-7-6-17(26)13-20(18)33/h3-7,12-13,19,33H,8-11,14H2,1-2H3,(H2,30,31,35). The van der Waals surface area contributed by atoms with Gasteiger partial charge in [-0.2, -0.15) is 13.2 Å². The molecule has 4 rings (SSSR count). The lowest BCUT2D eigenvalue weighted by Gasteiger charge is -2.50. The number of hydrogen-bond acceptors (Lipinski definition) is 3. The summed E-state index contributed by atoms with van der Waals surface area (Å²) in [4.78, 5) is 27.2. The van der Waals surface area contributed by atoms with Gasteiger partial charge in [-0.15, -0.1) is 0 Å². The monoisotopic (exact) mass is 493 g/mol. The molecule has 0 bridgehead atoms. The molecule has 2 fully saturated rings. The molecule has 1 spiro atoms. The number of urea groups is 1. The summed E-state index contributed by atoms with van der Waals surface area (Å²) in [5, 5.41) is 16.0. The first-order valence-electron chi connectivity index (χ1n) is 11.3. The number of hydrogen-bond donors (Lipinski definition) is 3. The fourth-order valence-corrected chi connectivity index (χ4v) is 5.15. The third-order valence-electron chi connectivity index (χ3n) is 7.25. The van der Waals surface area contributed by atoms with Crippen molar-refractivity contribution >= 4 is 11.9 Å². The summed E-state index contributed by atoms with van der Waals surface area (Å²) in [7, 11) is 0. The molecule has 10 heteroatoms. The number of aromatic hydroxyl groups is 1. The van der Waals surface area contributed by atoms with Gasteiger partial charge in [-0.25, -0.2) is 9.18 Å². The van der Waals surface area contributed by atoms with E-state index in [1.54, 1.807) is 18.7 Å². The number of phenolic OH excluding ortho intramolecular Hbond substituents is 1. The molecule has 2 aliphatic rings. The average molecular weight is 494 g/mol. The van der Waals surface area contributed by atoms with E-state index in [2.05, 4.69) is 10.6 Å². The van der Waals surface area contributed by atoms with E-state index >= 15 is 0 Å². The van der Waals surface area contributed by atoms with Crippen molar-refractivity contribution in [2.24, 2.45) is 0 Å². The molecule has 0 radical (unpaired) electrons. The molecule has 1 unspecified atom stereocenters. The number of rotatable bonds is 3. The van der Waals surface area contributed by atoms with E-state index in [1.807, 2.05) is 0 Å². The lowest BCUT2D eigenvalue weighted by Crippen LogP contribution is -2.66. The summed E-state index contributed by atoms with van der Waals surface area (Å²) in [6.07, 6.45) is -3.78. The number of nitrogens with zero attached hydrogens (tertiary/aromatic N) is 1. The number of carbonyl (C=O) groups excluding carboxylic acids is 2. The van der Waals surface area contributed by atoms with E-state index in [1.165, 1.54) is 24.3 Å². The molecular formula is C25H27F4N3O3. The van der Waals surface area contributed by atoms with Crippen LogP contribution >= 0.6 is 0 Å². The van der Waals surface area contributed by atoms with Gasteiger partial charge in [0.25, 0.3) is 0 Å². The first-order valence-corrected chi connectivity index (χ1v) is 11.3. The van der Waals surface area contributed by atoms with Gasteiger partial charge < -0.3 is 20.6 Å². The Balaban J connectivity index is 1.55. The van der Waals surface area contributed by atoms with E-state index in [0.29, 0.717) is 18.4 Å². The number of benzene rings is 2. The zero-order valence-electron chi connectivity index (χ0n) is 19.4. The van der Waals surface area contributed by atoms with Crippen LogP contribution in [0.1, 0.15) is 49.3 Å². The maximum Gasteiger partial charge on any atom is 0.416 e. The van der Waals surface area contributed by atoms with Crippen molar-refractivity contribution in [2.75, 3.05) is 19.6 Å². The summed E-state index contributed by atoms with van der Waals surface area (Å²) in [5.74, 6) is -1.47. The normalized spacial score (nSPS) is 20.3. The van der Waals surface area contributed by atoms with Gasteiger partial charge in [0, 0.05) is 37.2 Å². The second-order valence-corrected chi connectivity index (χ2v) is 9.74. The van der Waals surface area contributed by atoms with E-state index in [4.69, 9.17) is 0 Å². The van der Waals surface area contributed by atoms with Crippen LogP contribution in [-0.2, 0) is 16.4 Å². The van der Waals surface area contributed by atoms with Gasteiger partial charge in [0.15, 0.2) is 0 Å². The van der Waals surface area contributed by atoms with Gasteiger partial charge in [-0.05, 0) is 44.4 Å². The van der Waals surface area contributed by atoms with Crippen molar-refractivity contribution in [2.45, 2.75) is 49.7 Å². The Morgan fingerprint density at radius 2 is 1.74 bits per heavy atom. The predicted molar refractivity (Wildman–Crippen MR) is 120 cm³/mol. The number of amides is 3. The fraction of sp³-hybridized carbons (Fsp3) is 0.440. The minimum atomic E-state index is -4.51. The largest absolute Gasteiger partial charge is 0.508 e. The number of phenols is 1. The van der Waals surface area contributed by atoms with Crippen molar-refractivity contribution < 1.29 is 32.3 Å². The van der Waals surface area contributed by atoms with Crippen LogP contribution in [0.15, 0.2) is 42.5 Å². The lowest BCUT2D eigenvalue weighted by molar-refractivity contribution is -0.140. The number of likely N-dealkylation sites (tertiary alicyclic amines) is 1. The molecule has 0 aliphatic carbocycles. The first-order chi connectivity index (χ1) is 16.3.